The van der Waals surface area contributed by atoms with E-state index in [-0.39, 0.29) is 19.3 Å². The minimum atomic E-state index is -4.95. The molecule has 0 aromatic heterocycles. The van der Waals surface area contributed by atoms with Gasteiger partial charge in [0.25, 0.3) is 0 Å². The van der Waals surface area contributed by atoms with Crippen LogP contribution < -0.4 is 0 Å². The Kier molecular flexibility index (Phi) is 81.9. The van der Waals surface area contributed by atoms with E-state index >= 15 is 0 Å². The molecule has 0 heterocycles. The topological polar surface area (TPSA) is 231 Å². The van der Waals surface area contributed by atoms with Crippen molar-refractivity contribution in [2.45, 2.75) is 360 Å². The zero-order valence-electron chi connectivity index (χ0n) is 70.7. The molecule has 0 rings (SSSR count). The van der Waals surface area contributed by atoms with Crippen molar-refractivity contribution < 1.29 is 75.8 Å². The third kappa shape index (κ3) is 87.3. The molecule has 18 heteroatoms. The summed E-state index contributed by atoms with van der Waals surface area (Å²) in [5.41, 5.74) is 0. The molecule has 5 atom stereocenters. The first kappa shape index (κ1) is 108. The second-order valence-corrected chi connectivity index (χ2v) is 31.8. The summed E-state index contributed by atoms with van der Waals surface area (Å²) in [6, 6.07) is 0. The van der Waals surface area contributed by atoms with E-state index in [2.05, 4.69) is 203 Å². The molecular weight excluding hydrogens is 1460 g/mol. The van der Waals surface area contributed by atoms with Crippen LogP contribution in [0.4, 0.5) is 0 Å². The number of rotatable bonds is 82. The molecule has 0 spiro atoms. The first-order chi connectivity index (χ1) is 55.2. The fourth-order valence-corrected chi connectivity index (χ4v) is 13.1. The number of carbonyl (C=O) groups is 3. The SMILES string of the molecule is CC/C=C\C/C=C\C/C=C\C/C=C\C/C=C\C/C=C\CCCCCCCCCCCCCCCCCCC(=O)OCC(O)COP(=O)(O)OCC(O)COP(=O)(O)OCC(COC(=O)CCCCCC/C=C\C/C=C\C/C=C\C/C=C\C/C=C\C/C=C\CC)OC(=O)CCCCCCCC/C=C\C/C=C\C/C=C\CCCCC. The zero-order chi connectivity index (χ0) is 82.2. The highest BCUT2D eigenvalue weighted by atomic mass is 31.2. The first-order valence-electron chi connectivity index (χ1n) is 44.1. The van der Waals surface area contributed by atoms with Gasteiger partial charge in [-0.3, -0.25) is 32.5 Å². The molecule has 0 aliphatic rings. The largest absolute Gasteiger partial charge is 0.472 e. The van der Waals surface area contributed by atoms with E-state index in [1.807, 2.05) is 0 Å². The maximum atomic E-state index is 13.0. The van der Waals surface area contributed by atoms with E-state index in [9.17, 15) is 43.5 Å². The second-order valence-electron chi connectivity index (χ2n) is 28.9. The Balaban J connectivity index is 4.54. The fraction of sp³-hybridized carbons (Fsp3) is 0.653. The van der Waals surface area contributed by atoms with Crippen molar-refractivity contribution in [3.05, 3.63) is 182 Å². The van der Waals surface area contributed by atoms with E-state index < -0.39 is 91.5 Å². The highest BCUT2D eigenvalue weighted by Crippen LogP contribution is 2.45. The lowest BCUT2D eigenvalue weighted by Crippen LogP contribution is -2.30. The van der Waals surface area contributed by atoms with Crippen LogP contribution in [0.15, 0.2) is 182 Å². The molecule has 113 heavy (non-hydrogen) atoms. The van der Waals surface area contributed by atoms with Crippen LogP contribution in [0, 0.1) is 0 Å². The molecule has 0 bridgehead atoms. The maximum Gasteiger partial charge on any atom is 0.472 e. The summed E-state index contributed by atoms with van der Waals surface area (Å²) in [5, 5.41) is 20.7. The number of carbonyl (C=O) groups excluding carboxylic acids is 3. The lowest BCUT2D eigenvalue weighted by molar-refractivity contribution is -0.161. The van der Waals surface area contributed by atoms with Gasteiger partial charge < -0.3 is 34.2 Å². The smallest absolute Gasteiger partial charge is 0.463 e. The summed E-state index contributed by atoms with van der Waals surface area (Å²) < 4.78 is 61.3. The Labute approximate surface area is 687 Å². The molecule has 0 aliphatic heterocycles. The average Bonchev–Trinajstić information content (AvgIpc) is 0.899. The van der Waals surface area contributed by atoms with Crippen molar-refractivity contribution in [2.24, 2.45) is 0 Å². The van der Waals surface area contributed by atoms with Gasteiger partial charge in [0, 0.05) is 19.3 Å². The molecule has 5 unspecified atom stereocenters. The number of hydrogen-bond donors (Lipinski definition) is 4. The van der Waals surface area contributed by atoms with Crippen LogP contribution in [0.3, 0.4) is 0 Å². The lowest BCUT2D eigenvalue weighted by atomic mass is 10.0. The summed E-state index contributed by atoms with van der Waals surface area (Å²) in [6.07, 6.45) is 112. The van der Waals surface area contributed by atoms with Crippen molar-refractivity contribution in [2.75, 3.05) is 39.6 Å². The van der Waals surface area contributed by atoms with Gasteiger partial charge in [-0.2, -0.15) is 0 Å². The molecule has 0 fully saturated rings. The number of unbranched alkanes of at least 4 members (excludes halogenated alkanes) is 29. The third-order valence-electron chi connectivity index (χ3n) is 18.1. The van der Waals surface area contributed by atoms with E-state index in [1.54, 1.807) is 0 Å². The van der Waals surface area contributed by atoms with Crippen LogP contribution in [0.1, 0.15) is 342 Å². The predicted octanol–water partition coefficient (Wildman–Crippen LogP) is 26.9. The van der Waals surface area contributed by atoms with E-state index in [4.69, 9.17) is 32.3 Å². The minimum Gasteiger partial charge on any atom is -0.463 e. The highest BCUT2D eigenvalue weighted by molar-refractivity contribution is 7.47. The molecule has 644 valence electrons. The minimum absolute atomic E-state index is 0.0785. The number of hydrogen-bond acceptors (Lipinski definition) is 14. The Bertz CT molecular complexity index is 2780. The maximum absolute atomic E-state index is 13.0. The van der Waals surface area contributed by atoms with Gasteiger partial charge in [-0.25, -0.2) is 9.13 Å². The molecule has 0 saturated carbocycles. The van der Waals surface area contributed by atoms with Crippen molar-refractivity contribution in [1.29, 1.82) is 0 Å². The first-order valence-corrected chi connectivity index (χ1v) is 47.1. The average molecular weight is 1620 g/mol. The Hall–Kier alpha value is -5.35. The number of ether oxygens (including phenoxy) is 3. The monoisotopic (exact) mass is 1620 g/mol. The molecular formula is C95H158O16P2. The van der Waals surface area contributed by atoms with Crippen molar-refractivity contribution in [3.63, 3.8) is 0 Å². The summed E-state index contributed by atoms with van der Waals surface area (Å²) in [6.45, 7) is 2.40. The van der Waals surface area contributed by atoms with Crippen molar-refractivity contribution in [1.82, 2.24) is 0 Å². The van der Waals surface area contributed by atoms with Gasteiger partial charge in [0.05, 0.1) is 26.4 Å². The summed E-state index contributed by atoms with van der Waals surface area (Å²) in [7, 11) is -9.82. The quantitative estimate of drug-likeness (QED) is 0.0146. The Morgan fingerprint density at radius 1 is 0.257 bits per heavy atom. The molecule has 0 aromatic carbocycles. The number of aliphatic hydroxyl groups is 2. The number of phosphoric ester groups is 2. The van der Waals surface area contributed by atoms with Crippen LogP contribution in [0.5, 0.6) is 0 Å². The van der Waals surface area contributed by atoms with E-state index in [0.717, 1.165) is 180 Å². The van der Waals surface area contributed by atoms with Crippen LogP contribution >= 0.6 is 15.6 Å². The highest BCUT2D eigenvalue weighted by Gasteiger charge is 2.29. The van der Waals surface area contributed by atoms with Gasteiger partial charge in [-0.15, -0.1) is 0 Å². The zero-order valence-corrected chi connectivity index (χ0v) is 72.5. The second kappa shape index (κ2) is 86.0. The van der Waals surface area contributed by atoms with Gasteiger partial charge in [-0.05, 0) is 161 Å². The van der Waals surface area contributed by atoms with E-state index in [0.29, 0.717) is 19.3 Å². The van der Waals surface area contributed by atoms with Crippen LogP contribution in [-0.2, 0) is 55.8 Å². The summed E-state index contributed by atoms with van der Waals surface area (Å²) in [5.74, 6) is -1.62. The van der Waals surface area contributed by atoms with Gasteiger partial charge in [0.2, 0.25) is 0 Å². The fourth-order valence-electron chi connectivity index (χ4n) is 11.5. The lowest BCUT2D eigenvalue weighted by Gasteiger charge is -2.21. The number of allylic oxidation sites excluding steroid dienone is 30. The standard InChI is InChI=1S/C95H158O16P2/c1-4-7-10-13-16-19-22-25-28-31-34-36-38-39-40-41-42-43-44-45-46-47-48-49-51-53-55-57-60-63-66-69-72-75-78-81-93(98)105-84-90(96)85-107-112(101,102)108-86-91(97)87-109-113(103,104)110-89-92(111-95(100)83-80-77-74-71-68-65-62-59-54-33-30-27-24-21-18-15-12-9-6-3)88-106-94(99)82-79-76-73-70-67-64-61-58-56-52-50-37-35-32-29-26-23-20-17-14-11-8-5-2/h7-8,10-11,16-21,25-30,34-37,39-40,42-43,52,54,56,59,61,64,90-92,96-97H,4-6,9,12-15,22-24,31-33,38,41,44-51,53,55,57-58,60,62-63,65-89H2,1-3H3,(H,101,102)(H,103,104)/b10-7-,11-8-,19-16-,20-17-,21-18-,28-25-,29-26-,30-27-,36-34-,37-35-,40-39-,43-42-,56-52-,59-54-,64-61-. The van der Waals surface area contributed by atoms with Crippen LogP contribution in [0.25, 0.3) is 0 Å². The molecule has 16 nitrogen and oxygen atoms in total. The van der Waals surface area contributed by atoms with Crippen LogP contribution in [-0.4, -0.2) is 95.9 Å². The molecule has 0 aromatic rings. The molecule has 0 aliphatic carbocycles. The normalized spacial score (nSPS) is 14.7. The van der Waals surface area contributed by atoms with Gasteiger partial charge in [0.1, 0.15) is 25.4 Å². The van der Waals surface area contributed by atoms with E-state index in [1.165, 1.54) is 103 Å². The predicted molar refractivity (Wildman–Crippen MR) is 472 cm³/mol. The summed E-state index contributed by atoms with van der Waals surface area (Å²) >= 11 is 0. The number of esters is 3. The Morgan fingerprint density at radius 2 is 0.469 bits per heavy atom. The van der Waals surface area contributed by atoms with Crippen molar-refractivity contribution >= 4 is 33.6 Å². The molecule has 0 radical (unpaired) electrons. The van der Waals surface area contributed by atoms with Crippen LogP contribution in [0.2, 0.25) is 0 Å². The van der Waals surface area contributed by atoms with Gasteiger partial charge in [-0.1, -0.05) is 344 Å². The van der Waals surface area contributed by atoms with Crippen molar-refractivity contribution in [3.8, 4) is 0 Å². The molecule has 0 saturated heterocycles. The van der Waals surface area contributed by atoms with Gasteiger partial charge >= 0.3 is 33.6 Å². The number of aliphatic hydroxyl groups excluding tert-OH is 2. The Morgan fingerprint density at radius 3 is 0.743 bits per heavy atom. The molecule has 4 N–H and O–H groups in total. The van der Waals surface area contributed by atoms with Gasteiger partial charge in [0.15, 0.2) is 6.10 Å². The summed E-state index contributed by atoms with van der Waals surface area (Å²) in [4.78, 5) is 58.9. The number of phosphoric acid groups is 2. The third-order valence-corrected chi connectivity index (χ3v) is 20.0. The molecule has 0 amide bonds.